The molecule has 1 aliphatic heterocycles. The highest BCUT2D eigenvalue weighted by molar-refractivity contribution is 8.26. The maximum Gasteiger partial charge on any atom is 0.508 e. The van der Waals surface area contributed by atoms with Crippen LogP contribution in [0.2, 0.25) is 11.1 Å². The Kier molecular flexibility index (Phi) is 9.02. The predicted molar refractivity (Wildman–Crippen MR) is 110 cm³/mol. The lowest BCUT2D eigenvalue weighted by Crippen LogP contribution is -2.44. The van der Waals surface area contributed by atoms with Crippen LogP contribution in [0.1, 0.15) is 11.6 Å². The van der Waals surface area contributed by atoms with Crippen LogP contribution in [0.4, 0.5) is 4.79 Å². The molecule has 8 nitrogen and oxygen atoms in total. The standard InChI is InChI=1S/C18H21ClNO7SSi/c1-25-17(23)16(13-5-3-4-6-14(13)19)20-7-8-29(12(10-20)9-15(21)22)28-11-27-18(24)26-2/h3-6,9,16H,7-8,10-11H2,1-2H3,(H,21,22)/b12-9+/t16-/m0/s1. The Hall–Kier alpha value is -2.01. The van der Waals surface area contributed by atoms with E-state index in [9.17, 15) is 19.5 Å². The summed E-state index contributed by atoms with van der Waals surface area (Å²) in [6, 6.07) is 6.90. The maximum absolute atomic E-state index is 12.5. The van der Waals surface area contributed by atoms with Crippen LogP contribution in [0.5, 0.6) is 0 Å². The molecule has 1 heterocycles. The highest BCUT2D eigenvalue weighted by Gasteiger charge is 2.36. The first-order valence-corrected chi connectivity index (χ1v) is 12.4. The average Bonchev–Trinajstić information content (AvgIpc) is 2.70. The Labute approximate surface area is 179 Å². The number of hydrogen-bond acceptors (Lipinski definition) is 8. The SMILES string of the molecule is COC(=O)OCS[Si]1CCN([C@H](C(=O)OC)c2ccccc2Cl)C/C1=C\C(=O)O. The van der Waals surface area contributed by atoms with E-state index in [-0.39, 0.29) is 12.5 Å². The Bertz CT molecular complexity index is 791. The molecule has 0 amide bonds. The molecule has 1 aliphatic rings. The molecular weight excluding hydrogens is 438 g/mol. The molecule has 2 rings (SSSR count). The number of methoxy groups -OCH3 is 2. The van der Waals surface area contributed by atoms with Gasteiger partial charge in [0.05, 0.1) is 14.2 Å². The average molecular weight is 459 g/mol. The molecule has 0 spiro atoms. The van der Waals surface area contributed by atoms with Gasteiger partial charge in [-0.05, 0) is 29.4 Å². The summed E-state index contributed by atoms with van der Waals surface area (Å²) in [5.74, 6) is -1.46. The van der Waals surface area contributed by atoms with Crippen LogP contribution in [-0.2, 0) is 23.8 Å². The summed E-state index contributed by atoms with van der Waals surface area (Å²) >= 11 is 7.70. The molecule has 1 aromatic carbocycles. The fourth-order valence-electron chi connectivity index (χ4n) is 2.94. The lowest BCUT2D eigenvalue weighted by Gasteiger charge is -2.37. The van der Waals surface area contributed by atoms with Gasteiger partial charge in [0.15, 0.2) is 7.95 Å². The number of halogens is 1. The second kappa shape index (κ2) is 11.2. The fraction of sp³-hybridized carbons (Fsp3) is 0.389. The number of rotatable bonds is 7. The van der Waals surface area contributed by atoms with Crippen molar-refractivity contribution in [1.29, 1.82) is 0 Å². The quantitative estimate of drug-likeness (QED) is 0.286. The molecule has 1 aromatic rings. The number of hydrogen-bond donors (Lipinski definition) is 1. The van der Waals surface area contributed by atoms with Gasteiger partial charge in [-0.1, -0.05) is 29.8 Å². The van der Waals surface area contributed by atoms with E-state index in [1.54, 1.807) is 24.3 Å². The van der Waals surface area contributed by atoms with Crippen LogP contribution in [0.3, 0.4) is 0 Å². The fourth-order valence-corrected chi connectivity index (χ4v) is 7.52. The van der Waals surface area contributed by atoms with Crippen molar-refractivity contribution in [3.8, 4) is 0 Å². The monoisotopic (exact) mass is 458 g/mol. The minimum absolute atomic E-state index is 0.0723. The van der Waals surface area contributed by atoms with Gasteiger partial charge in [-0.3, -0.25) is 4.90 Å². The van der Waals surface area contributed by atoms with Crippen LogP contribution in [0.25, 0.3) is 0 Å². The first-order chi connectivity index (χ1) is 13.9. The number of carbonyl (C=O) groups excluding carboxylic acids is 2. The molecule has 0 aromatic heterocycles. The summed E-state index contributed by atoms with van der Waals surface area (Å²) in [6.45, 7) is 0.818. The normalized spacial score (nSPS) is 17.6. The van der Waals surface area contributed by atoms with Crippen molar-refractivity contribution in [1.82, 2.24) is 4.90 Å². The van der Waals surface area contributed by atoms with Gasteiger partial charge in [-0.15, -0.1) is 11.2 Å². The number of carboxylic acid groups (broad SMARTS) is 1. The summed E-state index contributed by atoms with van der Waals surface area (Å²) < 4.78 is 14.3. The van der Waals surface area contributed by atoms with E-state index in [1.807, 2.05) is 4.90 Å². The molecule has 0 saturated carbocycles. The summed E-state index contributed by atoms with van der Waals surface area (Å²) in [5.41, 5.74) is 0.605. The van der Waals surface area contributed by atoms with Crippen molar-refractivity contribution in [2.45, 2.75) is 12.1 Å². The van der Waals surface area contributed by atoms with Crippen LogP contribution >= 0.6 is 22.8 Å². The zero-order valence-corrected chi connectivity index (χ0v) is 18.5. The summed E-state index contributed by atoms with van der Waals surface area (Å²) in [7, 11) is 1.19. The second-order valence-electron chi connectivity index (χ2n) is 5.96. The number of nitrogens with zero attached hydrogens (tertiary/aromatic N) is 1. The van der Waals surface area contributed by atoms with E-state index in [1.165, 1.54) is 31.5 Å². The summed E-state index contributed by atoms with van der Waals surface area (Å²) in [5, 5.41) is 10.4. The second-order valence-corrected chi connectivity index (χ2v) is 11.2. The van der Waals surface area contributed by atoms with E-state index in [0.29, 0.717) is 28.4 Å². The minimum Gasteiger partial charge on any atom is -0.478 e. The molecule has 1 N–H and O–H groups in total. The molecule has 11 heteroatoms. The summed E-state index contributed by atoms with van der Waals surface area (Å²) in [4.78, 5) is 36.8. The van der Waals surface area contributed by atoms with Gasteiger partial charge < -0.3 is 19.3 Å². The highest BCUT2D eigenvalue weighted by atomic mass is 35.5. The van der Waals surface area contributed by atoms with Crippen LogP contribution in [-0.4, -0.2) is 69.3 Å². The minimum atomic E-state index is -1.34. The zero-order valence-electron chi connectivity index (χ0n) is 15.9. The molecule has 0 aliphatic carbocycles. The van der Waals surface area contributed by atoms with Gasteiger partial charge >= 0.3 is 18.1 Å². The topological polar surface area (TPSA) is 102 Å². The Balaban J connectivity index is 2.22. The van der Waals surface area contributed by atoms with E-state index in [0.717, 1.165) is 0 Å². The van der Waals surface area contributed by atoms with Gasteiger partial charge in [0.1, 0.15) is 12.0 Å². The Morgan fingerprint density at radius 1 is 1.31 bits per heavy atom. The first-order valence-electron chi connectivity index (χ1n) is 8.57. The largest absolute Gasteiger partial charge is 0.508 e. The van der Waals surface area contributed by atoms with Gasteiger partial charge in [0, 0.05) is 17.6 Å². The van der Waals surface area contributed by atoms with E-state index in [2.05, 4.69) is 4.74 Å². The third-order valence-corrected chi connectivity index (χ3v) is 9.64. The van der Waals surface area contributed by atoms with Crippen molar-refractivity contribution in [3.05, 3.63) is 46.1 Å². The number of aliphatic carboxylic acids is 1. The molecular formula is C18H21ClNO7SSi. The number of benzene rings is 1. The molecule has 0 unspecified atom stereocenters. The molecule has 0 bridgehead atoms. The smallest absolute Gasteiger partial charge is 0.478 e. The first kappa shape index (κ1) is 23.3. The summed E-state index contributed by atoms with van der Waals surface area (Å²) in [6.07, 6.45) is 0.387. The van der Waals surface area contributed by atoms with E-state index >= 15 is 0 Å². The van der Waals surface area contributed by atoms with Crippen molar-refractivity contribution in [2.24, 2.45) is 0 Å². The number of ether oxygens (including phenoxy) is 3. The van der Waals surface area contributed by atoms with Crippen LogP contribution < -0.4 is 0 Å². The number of esters is 1. The number of carboxylic acids is 1. The van der Waals surface area contributed by atoms with Crippen molar-refractivity contribution in [2.75, 3.05) is 33.2 Å². The molecule has 1 saturated heterocycles. The zero-order chi connectivity index (χ0) is 21.4. The van der Waals surface area contributed by atoms with Crippen LogP contribution in [0.15, 0.2) is 35.5 Å². The molecule has 1 fully saturated rings. The highest BCUT2D eigenvalue weighted by Crippen LogP contribution is 2.34. The van der Waals surface area contributed by atoms with Crippen molar-refractivity contribution < 1.29 is 33.7 Å². The van der Waals surface area contributed by atoms with Gasteiger partial charge in [-0.25, -0.2) is 14.4 Å². The van der Waals surface area contributed by atoms with E-state index < -0.39 is 32.1 Å². The van der Waals surface area contributed by atoms with Gasteiger partial charge in [0.25, 0.3) is 0 Å². The predicted octanol–water partition coefficient (Wildman–Crippen LogP) is 2.89. The molecule has 157 valence electrons. The Morgan fingerprint density at radius 2 is 2.03 bits per heavy atom. The molecule has 1 radical (unpaired) electrons. The van der Waals surface area contributed by atoms with Crippen LogP contribution in [0, 0.1) is 0 Å². The molecule has 1 atom stereocenters. The van der Waals surface area contributed by atoms with E-state index in [4.69, 9.17) is 21.1 Å². The lowest BCUT2D eigenvalue weighted by atomic mass is 10.0. The number of carbonyl (C=O) groups is 3. The third kappa shape index (κ3) is 6.49. The molecule has 29 heavy (non-hydrogen) atoms. The van der Waals surface area contributed by atoms with Crippen molar-refractivity contribution >= 4 is 48.9 Å². The van der Waals surface area contributed by atoms with Gasteiger partial charge in [-0.2, -0.15) is 0 Å². The Morgan fingerprint density at radius 3 is 2.66 bits per heavy atom. The maximum atomic E-state index is 12.5. The van der Waals surface area contributed by atoms with Crippen molar-refractivity contribution in [3.63, 3.8) is 0 Å². The lowest BCUT2D eigenvalue weighted by molar-refractivity contribution is -0.147. The van der Waals surface area contributed by atoms with Gasteiger partial charge in [0.2, 0.25) is 0 Å². The third-order valence-electron chi connectivity index (χ3n) is 4.22.